The largest absolute Gasteiger partial charge is 0.462 e. The third kappa shape index (κ3) is 5.51. The predicted molar refractivity (Wildman–Crippen MR) is 131 cm³/mol. The summed E-state index contributed by atoms with van der Waals surface area (Å²) >= 11 is 7.38. The minimum Gasteiger partial charge on any atom is -0.462 e. The van der Waals surface area contributed by atoms with Gasteiger partial charge in [-0.15, -0.1) is 23.7 Å². The van der Waals surface area contributed by atoms with E-state index in [0.29, 0.717) is 21.2 Å². The molecule has 0 atom stereocenters. The van der Waals surface area contributed by atoms with Crippen LogP contribution in [0.3, 0.4) is 0 Å². The van der Waals surface area contributed by atoms with Gasteiger partial charge in [-0.2, -0.15) is 0 Å². The number of hydrogen-bond donors (Lipinski definition) is 1. The number of thiophene rings is 1. The van der Waals surface area contributed by atoms with Gasteiger partial charge in [0.05, 0.1) is 12.2 Å². The van der Waals surface area contributed by atoms with E-state index in [0.717, 1.165) is 36.5 Å². The van der Waals surface area contributed by atoms with Crippen LogP contribution in [0.25, 0.3) is 0 Å². The maximum atomic E-state index is 12.8. The molecule has 4 rings (SSSR count). The summed E-state index contributed by atoms with van der Waals surface area (Å²) in [5.41, 5.74) is 3.21. The number of benzene rings is 2. The molecule has 0 fully saturated rings. The smallest absolute Gasteiger partial charge is 0.341 e. The van der Waals surface area contributed by atoms with Crippen LogP contribution in [0.4, 0.5) is 5.00 Å². The molecule has 1 aliphatic heterocycles. The first kappa shape index (κ1) is 24.3. The fourth-order valence-electron chi connectivity index (χ4n) is 3.72. The summed E-state index contributed by atoms with van der Waals surface area (Å²) in [4.78, 5) is 29.0. The lowest BCUT2D eigenvalue weighted by molar-refractivity contribution is 0.0526. The molecule has 0 radical (unpaired) electrons. The van der Waals surface area contributed by atoms with Crippen LogP contribution in [0.5, 0.6) is 0 Å². The van der Waals surface area contributed by atoms with E-state index in [1.165, 1.54) is 16.9 Å². The van der Waals surface area contributed by atoms with E-state index in [4.69, 9.17) is 16.3 Å². The second-order valence-corrected chi connectivity index (χ2v) is 8.88. The number of amides is 1. The average molecular weight is 491 g/mol. The highest BCUT2D eigenvalue weighted by Gasteiger charge is 2.29. The molecule has 0 saturated heterocycles. The van der Waals surface area contributed by atoms with Gasteiger partial charge in [-0.05, 0) is 48.7 Å². The van der Waals surface area contributed by atoms with Crippen molar-refractivity contribution in [2.45, 2.75) is 26.4 Å². The lowest BCUT2D eigenvalue weighted by Crippen LogP contribution is -2.29. The normalized spacial score (nSPS) is 13.1. The van der Waals surface area contributed by atoms with Gasteiger partial charge in [0.2, 0.25) is 0 Å². The Morgan fingerprint density at radius 3 is 2.53 bits per heavy atom. The summed E-state index contributed by atoms with van der Waals surface area (Å²) in [6, 6.07) is 17.0. The van der Waals surface area contributed by atoms with Crippen LogP contribution in [0.2, 0.25) is 5.02 Å². The van der Waals surface area contributed by atoms with Gasteiger partial charge in [0.15, 0.2) is 0 Å². The van der Waals surface area contributed by atoms with E-state index < -0.39 is 0 Å². The van der Waals surface area contributed by atoms with Gasteiger partial charge in [0.1, 0.15) is 5.00 Å². The van der Waals surface area contributed by atoms with Gasteiger partial charge in [-0.25, -0.2) is 4.79 Å². The fourth-order valence-corrected chi connectivity index (χ4v) is 5.12. The molecule has 0 aliphatic carbocycles. The van der Waals surface area contributed by atoms with Crippen molar-refractivity contribution in [3.63, 3.8) is 0 Å². The molecule has 168 valence electrons. The summed E-state index contributed by atoms with van der Waals surface area (Å²) in [7, 11) is 0. The van der Waals surface area contributed by atoms with Crippen LogP contribution < -0.4 is 5.32 Å². The second-order valence-electron chi connectivity index (χ2n) is 7.34. The maximum Gasteiger partial charge on any atom is 0.341 e. The van der Waals surface area contributed by atoms with E-state index in [2.05, 4.69) is 22.3 Å². The molecule has 0 unspecified atom stereocenters. The van der Waals surface area contributed by atoms with E-state index in [1.807, 2.05) is 18.2 Å². The first-order valence-corrected chi connectivity index (χ1v) is 11.4. The van der Waals surface area contributed by atoms with Crippen molar-refractivity contribution in [2.24, 2.45) is 0 Å². The molecule has 5 nitrogen and oxygen atoms in total. The number of nitrogens with zero attached hydrogens (tertiary/aromatic N) is 1. The minimum atomic E-state index is -0.386. The molecule has 2 aromatic carbocycles. The second kappa shape index (κ2) is 11.0. The fraction of sp³-hybridized carbons (Fsp3) is 0.250. The van der Waals surface area contributed by atoms with Crippen LogP contribution >= 0.6 is 35.3 Å². The summed E-state index contributed by atoms with van der Waals surface area (Å²) in [6.07, 6.45) is 0.740. The van der Waals surface area contributed by atoms with Crippen LogP contribution in [-0.2, 0) is 24.2 Å². The van der Waals surface area contributed by atoms with Crippen LogP contribution in [0, 0.1) is 0 Å². The molecule has 1 N–H and O–H groups in total. The number of carbonyl (C=O) groups is 2. The van der Waals surface area contributed by atoms with Crippen LogP contribution in [-0.4, -0.2) is 29.9 Å². The van der Waals surface area contributed by atoms with Crippen LogP contribution in [0.1, 0.15) is 43.6 Å². The number of carbonyl (C=O) groups excluding carboxylic acids is 2. The zero-order chi connectivity index (χ0) is 21.8. The van der Waals surface area contributed by atoms with Crippen molar-refractivity contribution in [1.82, 2.24) is 4.90 Å². The number of esters is 1. The molecule has 3 aromatic rings. The molecule has 1 aliphatic rings. The summed E-state index contributed by atoms with van der Waals surface area (Å²) < 4.78 is 5.30. The van der Waals surface area contributed by atoms with Crippen molar-refractivity contribution in [3.8, 4) is 0 Å². The highest BCUT2D eigenvalue weighted by atomic mass is 35.5. The number of anilines is 1. The molecule has 2 heterocycles. The molecule has 0 saturated carbocycles. The summed E-state index contributed by atoms with van der Waals surface area (Å²) in [5, 5.41) is 4.03. The Morgan fingerprint density at radius 2 is 1.84 bits per heavy atom. The van der Waals surface area contributed by atoms with Crippen molar-refractivity contribution >= 4 is 52.2 Å². The first-order chi connectivity index (χ1) is 15.0. The standard InChI is InChI=1S/C24H23ClN2O3S.ClH/c1-2-30-24(29)21-19-12-13-27(14-16-6-4-3-5-7-16)15-20(19)31-23(21)26-22(28)17-8-10-18(25)11-9-17;/h3-11H,2,12-15H2,1H3,(H,26,28);1H. The molecule has 8 heteroatoms. The Kier molecular flexibility index (Phi) is 8.32. The van der Waals surface area contributed by atoms with E-state index in [9.17, 15) is 9.59 Å². The molecule has 0 spiro atoms. The monoisotopic (exact) mass is 490 g/mol. The number of halogens is 2. The molecule has 0 bridgehead atoms. The summed E-state index contributed by atoms with van der Waals surface area (Å²) in [5.74, 6) is -0.662. The number of fused-ring (bicyclic) bond motifs is 1. The van der Waals surface area contributed by atoms with Crippen molar-refractivity contribution in [2.75, 3.05) is 18.5 Å². The van der Waals surface area contributed by atoms with Gasteiger partial charge in [0.25, 0.3) is 5.91 Å². The average Bonchev–Trinajstić information content (AvgIpc) is 3.12. The summed E-state index contributed by atoms with van der Waals surface area (Å²) in [6.45, 7) is 4.49. The van der Waals surface area contributed by atoms with Crippen molar-refractivity contribution in [1.29, 1.82) is 0 Å². The Morgan fingerprint density at radius 1 is 1.12 bits per heavy atom. The Bertz CT molecular complexity index is 1080. The SMILES string of the molecule is CCOC(=O)c1c(NC(=O)c2ccc(Cl)cc2)sc2c1CCN(Cc1ccccc1)C2.Cl. The Labute approximate surface area is 202 Å². The Balaban J connectivity index is 0.00000289. The molecule has 1 aromatic heterocycles. The number of nitrogens with one attached hydrogen (secondary N) is 1. The van der Waals surface area contributed by atoms with Gasteiger partial charge in [-0.3, -0.25) is 9.69 Å². The molecular weight excluding hydrogens is 467 g/mol. The third-order valence-corrected chi connectivity index (χ3v) is 6.58. The Hall–Kier alpha value is -2.38. The molecule has 1 amide bonds. The number of ether oxygens (including phenoxy) is 1. The highest BCUT2D eigenvalue weighted by Crippen LogP contribution is 2.38. The van der Waals surface area contributed by atoms with Gasteiger partial charge in [0, 0.05) is 35.1 Å². The maximum absolute atomic E-state index is 12.8. The lowest BCUT2D eigenvalue weighted by Gasteiger charge is -2.27. The zero-order valence-electron chi connectivity index (χ0n) is 17.6. The van der Waals surface area contributed by atoms with Crippen molar-refractivity contribution in [3.05, 3.63) is 86.8 Å². The number of rotatable bonds is 6. The van der Waals surface area contributed by atoms with E-state index >= 15 is 0 Å². The zero-order valence-corrected chi connectivity index (χ0v) is 20.0. The van der Waals surface area contributed by atoms with Crippen molar-refractivity contribution < 1.29 is 14.3 Å². The minimum absolute atomic E-state index is 0. The topological polar surface area (TPSA) is 58.6 Å². The molecular formula is C24H24Cl2N2O3S. The van der Waals surface area contributed by atoms with Crippen LogP contribution in [0.15, 0.2) is 54.6 Å². The predicted octanol–water partition coefficient (Wildman–Crippen LogP) is 5.81. The van der Waals surface area contributed by atoms with E-state index in [1.54, 1.807) is 31.2 Å². The first-order valence-electron chi connectivity index (χ1n) is 10.2. The van der Waals surface area contributed by atoms with E-state index in [-0.39, 0.29) is 30.9 Å². The van der Waals surface area contributed by atoms with Gasteiger partial charge < -0.3 is 10.1 Å². The molecule has 32 heavy (non-hydrogen) atoms. The quantitative estimate of drug-likeness (QED) is 0.442. The van der Waals surface area contributed by atoms with Gasteiger partial charge in [-0.1, -0.05) is 41.9 Å². The number of hydrogen-bond acceptors (Lipinski definition) is 5. The lowest BCUT2D eigenvalue weighted by atomic mass is 10.0. The third-order valence-electron chi connectivity index (χ3n) is 5.20. The highest BCUT2D eigenvalue weighted by molar-refractivity contribution is 7.17. The van der Waals surface area contributed by atoms with Gasteiger partial charge >= 0.3 is 5.97 Å².